The van der Waals surface area contributed by atoms with E-state index >= 15 is 0 Å². The van der Waals surface area contributed by atoms with Crippen molar-refractivity contribution in [3.05, 3.63) is 58.9 Å². The molecule has 4 nitrogen and oxygen atoms in total. The average molecular weight is 362 g/mol. The van der Waals surface area contributed by atoms with Crippen LogP contribution in [0.1, 0.15) is 15.9 Å². The summed E-state index contributed by atoms with van der Waals surface area (Å²) in [6.45, 7) is 4.04. The van der Waals surface area contributed by atoms with Crippen LogP contribution in [-0.2, 0) is 6.54 Å². The van der Waals surface area contributed by atoms with Gasteiger partial charge >= 0.3 is 0 Å². The largest absolute Gasteiger partial charge is 0.336 e. The zero-order valence-electron chi connectivity index (χ0n) is 13.6. The normalized spacial score (nSPS) is 15.5. The summed E-state index contributed by atoms with van der Waals surface area (Å²) < 4.78 is 0. The number of benzene rings is 1. The van der Waals surface area contributed by atoms with Crippen LogP contribution in [0.15, 0.2) is 47.6 Å². The smallest absolute Gasteiger partial charge is 0.255 e. The number of hydrogen-bond acceptors (Lipinski definition) is 4. The Morgan fingerprint density at radius 1 is 1.25 bits per heavy atom. The number of pyridine rings is 1. The molecular weight excluding hydrogens is 342 g/mol. The van der Waals surface area contributed by atoms with E-state index in [4.69, 9.17) is 11.6 Å². The molecule has 1 aliphatic rings. The van der Waals surface area contributed by atoms with E-state index in [-0.39, 0.29) is 5.91 Å². The standard InChI is InChI=1S/C18H20ClN3OS/c1-24-15-4-5-17(19)16(11-15)18(23)22-9-7-21(8-10-22)13-14-3-2-6-20-12-14/h2-6,11-12H,7-10,13H2,1H3. The number of amides is 1. The third-order valence-corrected chi connectivity index (χ3v) is 5.25. The van der Waals surface area contributed by atoms with E-state index < -0.39 is 0 Å². The van der Waals surface area contributed by atoms with Crippen LogP contribution in [0.5, 0.6) is 0 Å². The van der Waals surface area contributed by atoms with Crippen LogP contribution >= 0.6 is 23.4 Å². The highest BCUT2D eigenvalue weighted by molar-refractivity contribution is 7.98. The lowest BCUT2D eigenvalue weighted by Crippen LogP contribution is -2.48. The summed E-state index contributed by atoms with van der Waals surface area (Å²) in [7, 11) is 0. The Morgan fingerprint density at radius 3 is 2.71 bits per heavy atom. The van der Waals surface area contributed by atoms with Crippen LogP contribution in [-0.4, -0.2) is 53.1 Å². The summed E-state index contributed by atoms with van der Waals surface area (Å²) in [6.07, 6.45) is 5.67. The molecule has 1 aliphatic heterocycles. The predicted molar refractivity (Wildman–Crippen MR) is 98.7 cm³/mol. The van der Waals surface area contributed by atoms with Crippen molar-refractivity contribution in [1.29, 1.82) is 0 Å². The average Bonchev–Trinajstić information content (AvgIpc) is 2.63. The molecule has 0 saturated carbocycles. The summed E-state index contributed by atoms with van der Waals surface area (Å²) >= 11 is 7.84. The van der Waals surface area contributed by atoms with E-state index in [1.54, 1.807) is 24.0 Å². The van der Waals surface area contributed by atoms with Gasteiger partial charge in [0.1, 0.15) is 0 Å². The van der Waals surface area contributed by atoms with Gasteiger partial charge < -0.3 is 4.90 Å². The molecule has 0 radical (unpaired) electrons. The molecule has 6 heteroatoms. The van der Waals surface area contributed by atoms with Crippen LogP contribution < -0.4 is 0 Å². The van der Waals surface area contributed by atoms with Crippen molar-refractivity contribution in [2.45, 2.75) is 11.4 Å². The fourth-order valence-corrected chi connectivity index (χ4v) is 3.46. The molecule has 0 spiro atoms. The zero-order chi connectivity index (χ0) is 16.9. The molecule has 3 rings (SSSR count). The van der Waals surface area contributed by atoms with Crippen molar-refractivity contribution >= 4 is 29.3 Å². The molecule has 0 N–H and O–H groups in total. The molecule has 24 heavy (non-hydrogen) atoms. The van der Waals surface area contributed by atoms with Crippen LogP contribution in [0.3, 0.4) is 0 Å². The van der Waals surface area contributed by atoms with Gasteiger partial charge in [-0.05, 0) is 36.1 Å². The Kier molecular flexibility index (Phi) is 5.76. The summed E-state index contributed by atoms with van der Waals surface area (Å²) in [4.78, 5) is 22.2. The number of rotatable bonds is 4. The van der Waals surface area contributed by atoms with Crippen LogP contribution in [0, 0.1) is 0 Å². The Morgan fingerprint density at radius 2 is 2.04 bits per heavy atom. The van der Waals surface area contributed by atoms with Gasteiger partial charge in [-0.2, -0.15) is 0 Å². The maximum atomic E-state index is 12.8. The minimum atomic E-state index is 0.0249. The van der Waals surface area contributed by atoms with E-state index in [2.05, 4.69) is 16.0 Å². The van der Waals surface area contributed by atoms with Crippen LogP contribution in [0.2, 0.25) is 5.02 Å². The van der Waals surface area contributed by atoms with Gasteiger partial charge in [0.2, 0.25) is 0 Å². The number of carbonyl (C=O) groups excluding carboxylic acids is 1. The monoisotopic (exact) mass is 361 g/mol. The first-order chi connectivity index (χ1) is 11.7. The van der Waals surface area contributed by atoms with Crippen molar-refractivity contribution in [2.24, 2.45) is 0 Å². The SMILES string of the molecule is CSc1ccc(Cl)c(C(=O)N2CCN(Cc3cccnc3)CC2)c1. The number of carbonyl (C=O) groups is 1. The second kappa shape index (κ2) is 8.01. The van der Waals surface area contributed by atoms with Crippen molar-refractivity contribution in [3.8, 4) is 0 Å². The van der Waals surface area contributed by atoms with E-state index in [0.717, 1.165) is 37.6 Å². The number of piperazine rings is 1. The number of thioether (sulfide) groups is 1. The maximum Gasteiger partial charge on any atom is 0.255 e. The molecule has 1 amide bonds. The van der Waals surface area contributed by atoms with Crippen LogP contribution in [0.25, 0.3) is 0 Å². The number of hydrogen-bond donors (Lipinski definition) is 0. The predicted octanol–water partition coefficient (Wildman–Crippen LogP) is 3.41. The van der Waals surface area contributed by atoms with Gasteiger partial charge in [0, 0.05) is 50.0 Å². The van der Waals surface area contributed by atoms with Crippen molar-refractivity contribution < 1.29 is 4.79 Å². The van der Waals surface area contributed by atoms with E-state index in [1.807, 2.05) is 35.6 Å². The van der Waals surface area contributed by atoms with Gasteiger partial charge in [-0.15, -0.1) is 11.8 Å². The molecule has 2 aromatic rings. The maximum absolute atomic E-state index is 12.8. The zero-order valence-corrected chi connectivity index (χ0v) is 15.2. The molecule has 0 aliphatic carbocycles. The van der Waals surface area contributed by atoms with Crippen molar-refractivity contribution in [2.75, 3.05) is 32.4 Å². The Labute approximate surface area is 151 Å². The topological polar surface area (TPSA) is 36.4 Å². The molecular formula is C18H20ClN3OS. The molecule has 2 heterocycles. The van der Waals surface area contributed by atoms with Gasteiger partial charge in [0.05, 0.1) is 10.6 Å². The summed E-state index contributed by atoms with van der Waals surface area (Å²) in [6, 6.07) is 9.67. The highest BCUT2D eigenvalue weighted by Crippen LogP contribution is 2.24. The van der Waals surface area contributed by atoms with Crippen LogP contribution in [0.4, 0.5) is 0 Å². The summed E-state index contributed by atoms with van der Waals surface area (Å²) in [5, 5.41) is 0.524. The Balaban J connectivity index is 1.61. The minimum absolute atomic E-state index is 0.0249. The fraction of sp³-hybridized carbons (Fsp3) is 0.333. The number of halogens is 1. The van der Waals surface area contributed by atoms with E-state index in [9.17, 15) is 4.79 Å². The highest BCUT2D eigenvalue weighted by atomic mass is 35.5. The van der Waals surface area contributed by atoms with Crippen molar-refractivity contribution in [1.82, 2.24) is 14.8 Å². The molecule has 0 atom stereocenters. The Bertz CT molecular complexity index is 703. The van der Waals surface area contributed by atoms with E-state index in [0.29, 0.717) is 10.6 Å². The molecule has 1 fully saturated rings. The highest BCUT2D eigenvalue weighted by Gasteiger charge is 2.23. The lowest BCUT2D eigenvalue weighted by atomic mass is 10.1. The van der Waals surface area contributed by atoms with Gasteiger partial charge in [0.25, 0.3) is 5.91 Å². The molecule has 1 aromatic heterocycles. The lowest BCUT2D eigenvalue weighted by Gasteiger charge is -2.35. The summed E-state index contributed by atoms with van der Waals surface area (Å²) in [5.41, 5.74) is 1.80. The third-order valence-electron chi connectivity index (χ3n) is 4.19. The second-order valence-electron chi connectivity index (χ2n) is 5.78. The Hall–Kier alpha value is -1.56. The van der Waals surface area contributed by atoms with Gasteiger partial charge in [-0.25, -0.2) is 0 Å². The lowest BCUT2D eigenvalue weighted by molar-refractivity contribution is 0.0628. The first-order valence-electron chi connectivity index (χ1n) is 7.91. The van der Waals surface area contributed by atoms with Crippen molar-refractivity contribution in [3.63, 3.8) is 0 Å². The van der Waals surface area contributed by atoms with E-state index in [1.165, 1.54) is 5.56 Å². The molecule has 126 valence electrons. The molecule has 1 aromatic carbocycles. The fourth-order valence-electron chi connectivity index (χ4n) is 2.82. The molecule has 0 bridgehead atoms. The quantitative estimate of drug-likeness (QED) is 0.782. The number of nitrogens with zero attached hydrogens (tertiary/aromatic N) is 3. The number of aromatic nitrogens is 1. The first kappa shape index (κ1) is 17.3. The molecule has 0 unspecified atom stereocenters. The molecule has 1 saturated heterocycles. The summed E-state index contributed by atoms with van der Waals surface area (Å²) in [5.74, 6) is 0.0249. The van der Waals surface area contributed by atoms with Gasteiger partial charge in [-0.1, -0.05) is 17.7 Å². The van der Waals surface area contributed by atoms with Gasteiger partial charge in [0.15, 0.2) is 0 Å². The van der Waals surface area contributed by atoms with Gasteiger partial charge in [-0.3, -0.25) is 14.7 Å². The minimum Gasteiger partial charge on any atom is -0.336 e. The first-order valence-corrected chi connectivity index (χ1v) is 9.51. The second-order valence-corrected chi connectivity index (χ2v) is 7.06. The third kappa shape index (κ3) is 4.09.